The van der Waals surface area contributed by atoms with Gasteiger partial charge in [-0.15, -0.1) is 5.90 Å². The van der Waals surface area contributed by atoms with Crippen molar-refractivity contribution in [1.29, 1.82) is 0 Å². The number of hydrogen-bond acceptors (Lipinski definition) is 4. The van der Waals surface area contributed by atoms with Crippen molar-refractivity contribution in [3.63, 3.8) is 0 Å². The largest absolute Gasteiger partial charge is 0.367 e. The van der Waals surface area contributed by atoms with Crippen LogP contribution in [0.3, 0.4) is 0 Å². The number of ether oxygens (including phenoxy) is 1. The van der Waals surface area contributed by atoms with Crippen LogP contribution in [0.5, 0.6) is 0 Å². The Bertz CT molecular complexity index is 543. The average molecular weight is 288 g/mol. The first-order chi connectivity index (χ1) is 10.0. The van der Waals surface area contributed by atoms with Gasteiger partial charge in [-0.2, -0.15) is 0 Å². The summed E-state index contributed by atoms with van der Waals surface area (Å²) in [6.45, 7) is 6.64. The molecule has 2 bridgehead atoms. The molecule has 0 aromatic rings. The zero-order valence-corrected chi connectivity index (χ0v) is 13.0. The molecule has 4 heteroatoms. The van der Waals surface area contributed by atoms with Crippen molar-refractivity contribution in [2.45, 2.75) is 51.7 Å². The van der Waals surface area contributed by atoms with E-state index in [1.807, 2.05) is 0 Å². The number of nitrogens with two attached hydrogens (primary N) is 1. The zero-order valence-electron chi connectivity index (χ0n) is 13.0. The molecule has 2 N–H and O–H groups in total. The summed E-state index contributed by atoms with van der Waals surface area (Å²) in [5, 5.41) is 3.86. The Morgan fingerprint density at radius 1 is 1.43 bits per heavy atom. The van der Waals surface area contributed by atoms with E-state index in [1.165, 1.54) is 17.6 Å². The molecule has 3 aliphatic rings. The Kier molecular flexibility index (Phi) is 3.76. The van der Waals surface area contributed by atoms with Crippen LogP contribution in [0, 0.1) is 11.8 Å². The Labute approximate surface area is 126 Å². The van der Waals surface area contributed by atoms with Crippen LogP contribution in [0.15, 0.2) is 40.6 Å². The molecule has 3 unspecified atom stereocenters. The molecule has 2 aliphatic carbocycles. The van der Waals surface area contributed by atoms with Gasteiger partial charge in [0, 0.05) is 12.3 Å². The number of nitrogens with zero attached hydrogens (tertiary/aromatic N) is 1. The minimum Gasteiger partial charge on any atom is -0.367 e. The molecule has 0 amide bonds. The fourth-order valence-electron chi connectivity index (χ4n) is 3.73. The lowest BCUT2D eigenvalue weighted by Gasteiger charge is -2.50. The van der Waals surface area contributed by atoms with Crippen LogP contribution in [0.25, 0.3) is 0 Å². The SMILES string of the molecule is CC1=CCC2CC1C(C1=C/C(=N/ON)CC=C1)OC2(C)C. The topological polar surface area (TPSA) is 56.8 Å². The fraction of sp³-hybridized carbons (Fsp3) is 0.588. The normalized spacial score (nSPS) is 36.2. The Morgan fingerprint density at radius 3 is 3.00 bits per heavy atom. The molecule has 0 spiro atoms. The second-order valence-corrected chi connectivity index (χ2v) is 6.80. The fourth-order valence-corrected chi connectivity index (χ4v) is 3.73. The third-order valence-electron chi connectivity index (χ3n) is 5.10. The summed E-state index contributed by atoms with van der Waals surface area (Å²) in [5.41, 5.74) is 3.37. The minimum atomic E-state index is -0.0911. The maximum absolute atomic E-state index is 6.49. The van der Waals surface area contributed by atoms with Gasteiger partial charge < -0.3 is 9.68 Å². The Balaban J connectivity index is 1.93. The van der Waals surface area contributed by atoms with E-state index >= 15 is 0 Å². The lowest BCUT2D eigenvalue weighted by atomic mass is 9.68. The number of allylic oxidation sites excluding steroid dienone is 3. The Hall–Kier alpha value is -1.39. The van der Waals surface area contributed by atoms with E-state index in [4.69, 9.17) is 10.6 Å². The van der Waals surface area contributed by atoms with Crippen LogP contribution >= 0.6 is 0 Å². The van der Waals surface area contributed by atoms with E-state index in [-0.39, 0.29) is 11.7 Å². The molecule has 1 saturated heterocycles. The van der Waals surface area contributed by atoms with Gasteiger partial charge in [0.25, 0.3) is 0 Å². The van der Waals surface area contributed by atoms with Crippen molar-refractivity contribution in [2.24, 2.45) is 22.9 Å². The number of rotatable bonds is 2. The van der Waals surface area contributed by atoms with Gasteiger partial charge >= 0.3 is 0 Å². The summed E-state index contributed by atoms with van der Waals surface area (Å²) in [6.07, 6.45) is 11.9. The quantitative estimate of drug-likeness (QED) is 0.626. The third-order valence-corrected chi connectivity index (χ3v) is 5.10. The third kappa shape index (κ3) is 2.70. The summed E-state index contributed by atoms with van der Waals surface area (Å²) in [4.78, 5) is 4.42. The van der Waals surface area contributed by atoms with Gasteiger partial charge in [-0.1, -0.05) is 29.0 Å². The monoisotopic (exact) mass is 288 g/mol. The molecule has 1 fully saturated rings. The molecule has 0 saturated carbocycles. The molecule has 0 aromatic carbocycles. The summed E-state index contributed by atoms with van der Waals surface area (Å²) >= 11 is 0. The highest BCUT2D eigenvalue weighted by atomic mass is 16.7. The highest BCUT2D eigenvalue weighted by Crippen LogP contribution is 2.47. The maximum atomic E-state index is 6.49. The average Bonchev–Trinajstić information content (AvgIpc) is 2.46. The van der Waals surface area contributed by atoms with Gasteiger partial charge in [0.15, 0.2) is 0 Å². The summed E-state index contributed by atoms with van der Waals surface area (Å²) in [7, 11) is 0. The number of hydrogen-bond donors (Lipinski definition) is 1. The summed E-state index contributed by atoms with van der Waals surface area (Å²) < 4.78 is 6.49. The van der Waals surface area contributed by atoms with E-state index < -0.39 is 0 Å². The zero-order chi connectivity index (χ0) is 15.0. The predicted molar refractivity (Wildman–Crippen MR) is 83.5 cm³/mol. The molecule has 1 heterocycles. The first kappa shape index (κ1) is 14.5. The molecule has 0 radical (unpaired) electrons. The maximum Gasteiger partial charge on any atom is 0.0898 e. The van der Waals surface area contributed by atoms with Gasteiger partial charge in [0.05, 0.1) is 17.4 Å². The molecule has 21 heavy (non-hydrogen) atoms. The molecular weight excluding hydrogens is 264 g/mol. The van der Waals surface area contributed by atoms with Crippen molar-refractivity contribution in [3.8, 4) is 0 Å². The van der Waals surface area contributed by atoms with Gasteiger partial charge in [0.2, 0.25) is 0 Å². The Morgan fingerprint density at radius 2 is 2.24 bits per heavy atom. The molecule has 114 valence electrons. The van der Waals surface area contributed by atoms with Gasteiger partial charge in [-0.3, -0.25) is 0 Å². The highest BCUT2D eigenvalue weighted by molar-refractivity contribution is 5.97. The molecule has 4 nitrogen and oxygen atoms in total. The van der Waals surface area contributed by atoms with E-state index in [0.717, 1.165) is 18.6 Å². The highest BCUT2D eigenvalue weighted by Gasteiger charge is 2.45. The summed E-state index contributed by atoms with van der Waals surface area (Å²) in [5.74, 6) is 6.12. The van der Waals surface area contributed by atoms with Crippen LogP contribution in [0.2, 0.25) is 0 Å². The second kappa shape index (κ2) is 5.43. The van der Waals surface area contributed by atoms with E-state index in [2.05, 4.69) is 55.2 Å². The van der Waals surface area contributed by atoms with Crippen molar-refractivity contribution in [2.75, 3.05) is 0 Å². The van der Waals surface area contributed by atoms with E-state index in [9.17, 15) is 0 Å². The first-order valence-corrected chi connectivity index (χ1v) is 7.66. The molecule has 3 atom stereocenters. The van der Waals surface area contributed by atoms with Crippen molar-refractivity contribution in [1.82, 2.24) is 0 Å². The van der Waals surface area contributed by atoms with E-state index in [1.54, 1.807) is 0 Å². The van der Waals surface area contributed by atoms with Crippen LogP contribution in [0.1, 0.15) is 40.0 Å². The molecule has 3 rings (SSSR count). The molecular formula is C17H24N2O2. The predicted octanol–water partition coefficient (Wildman–Crippen LogP) is 3.27. The van der Waals surface area contributed by atoms with E-state index in [0.29, 0.717) is 11.8 Å². The van der Waals surface area contributed by atoms with Crippen LogP contribution < -0.4 is 5.90 Å². The van der Waals surface area contributed by atoms with Crippen LogP contribution in [0.4, 0.5) is 0 Å². The van der Waals surface area contributed by atoms with Crippen molar-refractivity contribution in [3.05, 3.63) is 35.5 Å². The van der Waals surface area contributed by atoms with Gasteiger partial charge in [-0.25, -0.2) is 0 Å². The summed E-state index contributed by atoms with van der Waals surface area (Å²) in [6, 6.07) is 0. The standard InChI is InChI=1S/C17H24N2O2/c1-11-7-8-13-10-15(11)16(20-17(13,2)3)12-5-4-6-14(9-12)19-21-18/h4-5,7,9,13,15-16H,6,8,10,18H2,1-3H3/b19-14+. The van der Waals surface area contributed by atoms with Gasteiger partial charge in [0.1, 0.15) is 0 Å². The van der Waals surface area contributed by atoms with Gasteiger partial charge in [-0.05, 0) is 51.2 Å². The van der Waals surface area contributed by atoms with Crippen LogP contribution in [-0.2, 0) is 9.68 Å². The second-order valence-electron chi connectivity index (χ2n) is 6.80. The first-order valence-electron chi connectivity index (χ1n) is 7.66. The molecule has 1 aliphatic heterocycles. The lowest BCUT2D eigenvalue weighted by molar-refractivity contribution is -0.148. The van der Waals surface area contributed by atoms with Crippen molar-refractivity contribution >= 4 is 5.71 Å². The number of fused-ring (bicyclic) bond motifs is 2. The van der Waals surface area contributed by atoms with Crippen LogP contribution in [-0.4, -0.2) is 17.4 Å². The van der Waals surface area contributed by atoms with Crippen molar-refractivity contribution < 1.29 is 9.68 Å². The number of oxime groups is 1. The smallest absolute Gasteiger partial charge is 0.0898 e. The molecule has 0 aromatic heterocycles. The minimum absolute atomic E-state index is 0.0901. The lowest BCUT2D eigenvalue weighted by Crippen LogP contribution is -2.50.